The van der Waals surface area contributed by atoms with Gasteiger partial charge in [-0.2, -0.15) is 0 Å². The molecule has 2 amide bonds. The van der Waals surface area contributed by atoms with Crippen molar-refractivity contribution < 1.29 is 14.2 Å². The predicted octanol–water partition coefficient (Wildman–Crippen LogP) is 2.06. The summed E-state index contributed by atoms with van der Waals surface area (Å²) in [5, 5.41) is 10.4. The Morgan fingerprint density at radius 3 is 2.88 bits per heavy atom. The maximum Gasteiger partial charge on any atom is 0.252 e. The summed E-state index contributed by atoms with van der Waals surface area (Å²) >= 11 is 0. The summed E-state index contributed by atoms with van der Waals surface area (Å²) in [4.78, 5) is 26.2. The largest absolute Gasteiger partial charge is 0.345 e. The Labute approximate surface area is 143 Å². The molecule has 1 aliphatic rings. The van der Waals surface area contributed by atoms with E-state index in [0.717, 1.165) is 11.1 Å². The van der Waals surface area contributed by atoms with E-state index in [1.165, 1.54) is 0 Å². The SMILES string of the molecule is CN(Cc1ccc2nonc2c1)C(=O)C[C@H]1NC(=O)c2ccccc21. The Hall–Kier alpha value is -3.22. The van der Waals surface area contributed by atoms with E-state index in [1.54, 1.807) is 18.0 Å². The van der Waals surface area contributed by atoms with E-state index < -0.39 is 0 Å². The summed E-state index contributed by atoms with van der Waals surface area (Å²) < 4.78 is 4.68. The van der Waals surface area contributed by atoms with Crippen molar-refractivity contribution in [3.63, 3.8) is 0 Å². The monoisotopic (exact) mass is 336 g/mol. The zero-order valence-electron chi connectivity index (χ0n) is 13.6. The van der Waals surface area contributed by atoms with Gasteiger partial charge in [0.1, 0.15) is 11.0 Å². The van der Waals surface area contributed by atoms with Crippen molar-refractivity contribution in [2.24, 2.45) is 0 Å². The Kier molecular flexibility index (Phi) is 3.68. The Morgan fingerprint density at radius 1 is 1.20 bits per heavy atom. The molecule has 0 aliphatic carbocycles. The Balaban J connectivity index is 1.45. The minimum atomic E-state index is -0.277. The third-order valence-corrected chi connectivity index (χ3v) is 4.43. The first-order valence-corrected chi connectivity index (χ1v) is 7.97. The van der Waals surface area contributed by atoms with Crippen molar-refractivity contribution in [3.8, 4) is 0 Å². The number of benzene rings is 2. The van der Waals surface area contributed by atoms with Crippen LogP contribution in [0.3, 0.4) is 0 Å². The third kappa shape index (κ3) is 2.84. The molecule has 0 bridgehead atoms. The topological polar surface area (TPSA) is 88.3 Å². The summed E-state index contributed by atoms with van der Waals surface area (Å²) in [5.41, 5.74) is 3.81. The van der Waals surface area contributed by atoms with Crippen LogP contribution >= 0.6 is 0 Å². The van der Waals surface area contributed by atoms with E-state index >= 15 is 0 Å². The van der Waals surface area contributed by atoms with Gasteiger partial charge >= 0.3 is 0 Å². The van der Waals surface area contributed by atoms with E-state index in [9.17, 15) is 9.59 Å². The summed E-state index contributed by atoms with van der Waals surface area (Å²) in [7, 11) is 1.75. The fourth-order valence-corrected chi connectivity index (χ4v) is 3.10. The molecule has 2 aromatic carbocycles. The van der Waals surface area contributed by atoms with Crippen molar-refractivity contribution in [1.82, 2.24) is 20.5 Å². The maximum absolute atomic E-state index is 12.6. The van der Waals surface area contributed by atoms with Crippen LogP contribution in [0.25, 0.3) is 11.0 Å². The van der Waals surface area contributed by atoms with E-state index in [1.807, 2.05) is 36.4 Å². The molecule has 0 spiro atoms. The number of carbonyl (C=O) groups excluding carboxylic acids is 2. The minimum Gasteiger partial charge on any atom is -0.345 e. The Bertz CT molecular complexity index is 966. The summed E-state index contributed by atoms with van der Waals surface area (Å²) in [6.45, 7) is 0.448. The lowest BCUT2D eigenvalue weighted by molar-refractivity contribution is -0.130. The second-order valence-corrected chi connectivity index (χ2v) is 6.15. The third-order valence-electron chi connectivity index (χ3n) is 4.43. The van der Waals surface area contributed by atoms with Crippen molar-refractivity contribution in [1.29, 1.82) is 0 Å². The van der Waals surface area contributed by atoms with Crippen LogP contribution < -0.4 is 5.32 Å². The van der Waals surface area contributed by atoms with Crippen LogP contribution in [-0.4, -0.2) is 34.1 Å². The van der Waals surface area contributed by atoms with Crippen LogP contribution in [-0.2, 0) is 11.3 Å². The van der Waals surface area contributed by atoms with Crippen molar-refractivity contribution in [2.45, 2.75) is 19.0 Å². The number of nitrogens with zero attached hydrogens (tertiary/aromatic N) is 3. The molecule has 25 heavy (non-hydrogen) atoms. The number of hydrogen-bond acceptors (Lipinski definition) is 5. The van der Waals surface area contributed by atoms with Gasteiger partial charge in [0.2, 0.25) is 5.91 Å². The number of hydrogen-bond donors (Lipinski definition) is 1. The molecule has 7 heteroatoms. The molecule has 7 nitrogen and oxygen atoms in total. The lowest BCUT2D eigenvalue weighted by atomic mass is 10.0. The van der Waals surface area contributed by atoms with Gasteiger partial charge in [0.25, 0.3) is 5.91 Å². The molecule has 1 N–H and O–H groups in total. The van der Waals surface area contributed by atoms with Gasteiger partial charge in [-0.05, 0) is 39.6 Å². The number of fused-ring (bicyclic) bond motifs is 2. The first-order chi connectivity index (χ1) is 12.1. The van der Waals surface area contributed by atoms with Crippen LogP contribution in [0.15, 0.2) is 47.1 Å². The molecular formula is C18H16N4O3. The minimum absolute atomic E-state index is 0.0413. The van der Waals surface area contributed by atoms with E-state index in [4.69, 9.17) is 0 Å². The van der Waals surface area contributed by atoms with Crippen LogP contribution in [0.1, 0.15) is 33.9 Å². The highest BCUT2D eigenvalue weighted by Gasteiger charge is 2.30. The molecule has 1 atom stereocenters. The lowest BCUT2D eigenvalue weighted by Crippen LogP contribution is -2.30. The first kappa shape index (κ1) is 15.3. The Morgan fingerprint density at radius 2 is 2.00 bits per heavy atom. The smallest absolute Gasteiger partial charge is 0.252 e. The molecular weight excluding hydrogens is 320 g/mol. The highest BCUT2D eigenvalue weighted by atomic mass is 16.6. The predicted molar refractivity (Wildman–Crippen MR) is 89.5 cm³/mol. The molecule has 1 aromatic heterocycles. The molecule has 126 valence electrons. The fraction of sp³-hybridized carbons (Fsp3) is 0.222. The molecule has 0 fully saturated rings. The highest BCUT2D eigenvalue weighted by Crippen LogP contribution is 2.28. The molecule has 3 aromatic rings. The van der Waals surface area contributed by atoms with Crippen molar-refractivity contribution in [2.75, 3.05) is 7.05 Å². The normalized spacial score (nSPS) is 15.9. The van der Waals surface area contributed by atoms with Crippen molar-refractivity contribution in [3.05, 3.63) is 59.2 Å². The zero-order valence-corrected chi connectivity index (χ0v) is 13.6. The zero-order chi connectivity index (χ0) is 17.4. The van der Waals surface area contributed by atoms with Gasteiger partial charge in [0.15, 0.2) is 0 Å². The molecule has 2 heterocycles. The number of carbonyl (C=O) groups is 2. The molecule has 0 radical (unpaired) electrons. The van der Waals surface area contributed by atoms with E-state index in [-0.39, 0.29) is 24.3 Å². The summed E-state index contributed by atoms with van der Waals surface area (Å²) in [5.74, 6) is -0.166. The maximum atomic E-state index is 12.6. The standard InChI is InChI=1S/C18H16N4O3/c1-22(10-11-6-7-14-16(8-11)21-25-20-14)17(23)9-15-12-4-2-3-5-13(12)18(24)19-15/h2-8,15H,9-10H2,1H3,(H,19,24)/t15-/m1/s1. The summed E-state index contributed by atoms with van der Waals surface area (Å²) in [6, 6.07) is 12.6. The van der Waals surface area contributed by atoms with Crippen LogP contribution in [0.2, 0.25) is 0 Å². The van der Waals surface area contributed by atoms with Crippen LogP contribution in [0.5, 0.6) is 0 Å². The fourth-order valence-electron chi connectivity index (χ4n) is 3.10. The van der Waals surface area contributed by atoms with Crippen LogP contribution in [0.4, 0.5) is 0 Å². The molecule has 0 saturated carbocycles. The van der Waals surface area contributed by atoms with Gasteiger partial charge in [0.05, 0.1) is 12.5 Å². The lowest BCUT2D eigenvalue weighted by Gasteiger charge is -2.20. The molecule has 1 aliphatic heterocycles. The van der Waals surface area contributed by atoms with Crippen molar-refractivity contribution >= 4 is 22.8 Å². The van der Waals surface area contributed by atoms with Crippen LogP contribution in [0, 0.1) is 0 Å². The second-order valence-electron chi connectivity index (χ2n) is 6.15. The second kappa shape index (κ2) is 6.01. The summed E-state index contributed by atoms with van der Waals surface area (Å²) in [6.07, 6.45) is 0.229. The molecule has 4 rings (SSSR count). The van der Waals surface area contributed by atoms with Gasteiger partial charge in [-0.15, -0.1) is 0 Å². The molecule has 0 unspecified atom stereocenters. The van der Waals surface area contributed by atoms with Gasteiger partial charge < -0.3 is 10.2 Å². The average Bonchev–Trinajstić information content (AvgIpc) is 3.20. The van der Waals surface area contributed by atoms with Gasteiger partial charge in [-0.3, -0.25) is 9.59 Å². The number of nitrogens with one attached hydrogen (secondary N) is 1. The van der Waals surface area contributed by atoms with E-state index in [0.29, 0.717) is 23.1 Å². The number of amides is 2. The number of aromatic nitrogens is 2. The van der Waals surface area contributed by atoms with Gasteiger partial charge in [0, 0.05) is 19.2 Å². The van der Waals surface area contributed by atoms with Gasteiger partial charge in [-0.25, -0.2) is 4.63 Å². The highest BCUT2D eigenvalue weighted by molar-refractivity contribution is 5.99. The average molecular weight is 336 g/mol. The first-order valence-electron chi connectivity index (χ1n) is 7.97. The molecule has 0 saturated heterocycles. The van der Waals surface area contributed by atoms with E-state index in [2.05, 4.69) is 20.3 Å². The van der Waals surface area contributed by atoms with Gasteiger partial charge in [-0.1, -0.05) is 24.3 Å². The number of rotatable bonds is 4. The quantitative estimate of drug-likeness (QED) is 0.788.